The lowest BCUT2D eigenvalue weighted by atomic mass is 10.1. The molecule has 0 bridgehead atoms. The second-order valence-corrected chi connectivity index (χ2v) is 9.01. The topological polar surface area (TPSA) is 155 Å². The van der Waals surface area contributed by atoms with Crippen LogP contribution in [0.25, 0.3) is 0 Å². The molecule has 1 unspecified atom stereocenters. The lowest BCUT2D eigenvalue weighted by Crippen LogP contribution is -2.42. The van der Waals surface area contributed by atoms with Crippen molar-refractivity contribution >= 4 is 35.2 Å². The zero-order valence-corrected chi connectivity index (χ0v) is 22.2. The van der Waals surface area contributed by atoms with E-state index in [1.807, 2.05) is 25.1 Å². The number of benzene rings is 2. The van der Waals surface area contributed by atoms with E-state index in [0.29, 0.717) is 28.4 Å². The molecular formula is C27H32N6O6. The number of nitrogens with one attached hydrogen (secondary N) is 3. The summed E-state index contributed by atoms with van der Waals surface area (Å²) >= 11 is 0. The van der Waals surface area contributed by atoms with Crippen molar-refractivity contribution in [3.63, 3.8) is 0 Å². The number of likely N-dealkylation sites (N-methyl/N-ethyl adjacent to an activating group) is 1. The Hall–Kier alpha value is -4.87. The van der Waals surface area contributed by atoms with Gasteiger partial charge in [0, 0.05) is 25.9 Å². The number of carbonyl (C=O) groups is 4. The summed E-state index contributed by atoms with van der Waals surface area (Å²) in [5.41, 5.74) is 3.34. The van der Waals surface area contributed by atoms with E-state index >= 15 is 0 Å². The van der Waals surface area contributed by atoms with Crippen molar-refractivity contribution in [1.29, 1.82) is 0 Å². The van der Waals surface area contributed by atoms with Crippen LogP contribution < -0.4 is 20.7 Å². The number of hydrogen-bond donors (Lipinski definition) is 4. The summed E-state index contributed by atoms with van der Waals surface area (Å²) in [5.74, 6) is -1.37. The molecule has 0 aliphatic heterocycles. The number of aryl methyl sites for hydroxylation is 1. The number of hydrogen-bond acceptors (Lipinski definition) is 6. The van der Waals surface area contributed by atoms with Crippen molar-refractivity contribution in [2.45, 2.75) is 39.4 Å². The van der Waals surface area contributed by atoms with Crippen LogP contribution in [0.15, 0.2) is 55.0 Å². The number of aromatic nitrogens is 2. The molecule has 0 aliphatic carbocycles. The van der Waals surface area contributed by atoms with Crippen LogP contribution in [0.1, 0.15) is 23.7 Å². The van der Waals surface area contributed by atoms with Crippen LogP contribution in [-0.4, -0.2) is 63.6 Å². The zero-order valence-electron chi connectivity index (χ0n) is 22.2. The maximum Gasteiger partial charge on any atom is 0.328 e. The van der Waals surface area contributed by atoms with Crippen molar-refractivity contribution in [2.24, 2.45) is 0 Å². The summed E-state index contributed by atoms with van der Waals surface area (Å²) in [6.07, 6.45) is 3.18. The van der Waals surface area contributed by atoms with Gasteiger partial charge in [-0.15, -0.1) is 0 Å². The Labute approximate surface area is 226 Å². The highest BCUT2D eigenvalue weighted by Gasteiger charge is 2.20. The largest absolute Gasteiger partial charge is 0.495 e. The van der Waals surface area contributed by atoms with E-state index < -0.39 is 23.9 Å². The van der Waals surface area contributed by atoms with E-state index in [-0.39, 0.29) is 25.4 Å². The average Bonchev–Trinajstić information content (AvgIpc) is 3.32. The zero-order chi connectivity index (χ0) is 28.5. The molecule has 1 atom stereocenters. The number of nitrogens with zero attached hydrogens (tertiary/aromatic N) is 3. The Morgan fingerprint density at radius 3 is 2.49 bits per heavy atom. The van der Waals surface area contributed by atoms with Crippen molar-refractivity contribution < 1.29 is 29.0 Å². The summed E-state index contributed by atoms with van der Waals surface area (Å²) in [7, 11) is 3.12. The number of aliphatic carboxylic acids is 1. The molecule has 39 heavy (non-hydrogen) atoms. The monoisotopic (exact) mass is 536 g/mol. The Kier molecular flexibility index (Phi) is 9.63. The summed E-state index contributed by atoms with van der Waals surface area (Å²) in [6, 6.07) is 11.0. The number of rotatable bonds is 11. The normalized spacial score (nSPS) is 11.3. The van der Waals surface area contributed by atoms with Gasteiger partial charge >= 0.3 is 12.0 Å². The predicted octanol–water partition coefficient (Wildman–Crippen LogP) is 2.63. The molecule has 2 aromatic carbocycles. The molecule has 0 aliphatic rings. The van der Waals surface area contributed by atoms with Crippen LogP contribution in [0.5, 0.6) is 5.75 Å². The van der Waals surface area contributed by atoms with Gasteiger partial charge in [0.1, 0.15) is 11.8 Å². The molecule has 4 N–H and O–H groups in total. The molecule has 0 fully saturated rings. The number of para-hydroxylation sites is 1. The second kappa shape index (κ2) is 13.1. The van der Waals surface area contributed by atoms with E-state index in [2.05, 4.69) is 20.9 Å². The van der Waals surface area contributed by atoms with E-state index in [1.54, 1.807) is 42.1 Å². The fraction of sp³-hybridized carbons (Fsp3) is 0.296. The smallest absolute Gasteiger partial charge is 0.328 e. The minimum absolute atomic E-state index is 0.00271. The number of amides is 4. The highest BCUT2D eigenvalue weighted by molar-refractivity contribution is 6.01. The molecule has 1 aromatic heterocycles. The van der Waals surface area contributed by atoms with Gasteiger partial charge < -0.3 is 35.3 Å². The van der Waals surface area contributed by atoms with Gasteiger partial charge in [-0.05, 0) is 36.2 Å². The molecule has 0 saturated heterocycles. The SMILES string of the molecule is COc1cc(CC(=O)N(C)Cc2cn(CC(NC(C)=O)C(=O)O)cn2)ccc1NC(=O)Nc1ccccc1C. The Balaban J connectivity index is 1.58. The quantitative estimate of drug-likeness (QED) is 0.294. The first-order chi connectivity index (χ1) is 18.5. The van der Waals surface area contributed by atoms with Crippen LogP contribution in [0.3, 0.4) is 0 Å². The number of anilines is 2. The maximum atomic E-state index is 12.9. The lowest BCUT2D eigenvalue weighted by Gasteiger charge is -2.17. The molecule has 0 radical (unpaired) electrons. The molecule has 3 rings (SSSR count). The first-order valence-corrected chi connectivity index (χ1v) is 12.1. The van der Waals surface area contributed by atoms with Gasteiger partial charge in [-0.3, -0.25) is 9.59 Å². The highest BCUT2D eigenvalue weighted by Crippen LogP contribution is 2.26. The van der Waals surface area contributed by atoms with Gasteiger partial charge in [0.2, 0.25) is 11.8 Å². The van der Waals surface area contributed by atoms with Gasteiger partial charge in [0.05, 0.1) is 44.3 Å². The van der Waals surface area contributed by atoms with Gasteiger partial charge in [-0.1, -0.05) is 24.3 Å². The van der Waals surface area contributed by atoms with E-state index in [9.17, 15) is 24.3 Å². The Morgan fingerprint density at radius 2 is 1.82 bits per heavy atom. The fourth-order valence-corrected chi connectivity index (χ4v) is 3.81. The minimum Gasteiger partial charge on any atom is -0.495 e. The Morgan fingerprint density at radius 1 is 1.10 bits per heavy atom. The van der Waals surface area contributed by atoms with E-state index in [0.717, 1.165) is 5.56 Å². The van der Waals surface area contributed by atoms with E-state index in [1.165, 1.54) is 25.3 Å². The van der Waals surface area contributed by atoms with Gasteiger partial charge in [-0.2, -0.15) is 0 Å². The average molecular weight is 537 g/mol. The number of carbonyl (C=O) groups excluding carboxylic acids is 3. The minimum atomic E-state index is -1.16. The Bertz CT molecular complexity index is 1350. The summed E-state index contributed by atoms with van der Waals surface area (Å²) in [6.45, 7) is 3.36. The predicted molar refractivity (Wildman–Crippen MR) is 144 cm³/mol. The fourth-order valence-electron chi connectivity index (χ4n) is 3.81. The van der Waals surface area contributed by atoms with E-state index in [4.69, 9.17) is 4.74 Å². The van der Waals surface area contributed by atoms with Crippen molar-refractivity contribution in [3.05, 3.63) is 71.8 Å². The van der Waals surface area contributed by atoms with Crippen molar-refractivity contribution in [1.82, 2.24) is 19.8 Å². The highest BCUT2D eigenvalue weighted by atomic mass is 16.5. The van der Waals surface area contributed by atoms with Gasteiger partial charge in [0.25, 0.3) is 0 Å². The molecule has 0 spiro atoms. The van der Waals surface area contributed by atoms with Gasteiger partial charge in [-0.25, -0.2) is 14.6 Å². The first kappa shape index (κ1) is 28.7. The molecule has 4 amide bonds. The molecule has 0 saturated carbocycles. The number of carboxylic acid groups (broad SMARTS) is 1. The molecule has 1 heterocycles. The summed E-state index contributed by atoms with van der Waals surface area (Å²) in [4.78, 5) is 53.7. The van der Waals surface area contributed by atoms with Crippen LogP contribution in [-0.2, 0) is 33.9 Å². The van der Waals surface area contributed by atoms with Crippen molar-refractivity contribution in [3.8, 4) is 5.75 Å². The van der Waals surface area contributed by atoms with Crippen molar-refractivity contribution in [2.75, 3.05) is 24.8 Å². The van der Waals surface area contributed by atoms with Crippen LogP contribution >= 0.6 is 0 Å². The molecule has 206 valence electrons. The third-order valence-electron chi connectivity index (χ3n) is 5.84. The second-order valence-electron chi connectivity index (χ2n) is 9.01. The molecule has 12 heteroatoms. The number of carboxylic acids is 1. The number of urea groups is 1. The van der Waals surface area contributed by atoms with Crippen LogP contribution in [0.2, 0.25) is 0 Å². The third-order valence-corrected chi connectivity index (χ3v) is 5.84. The molecule has 3 aromatic rings. The lowest BCUT2D eigenvalue weighted by molar-refractivity contribution is -0.142. The molecule has 12 nitrogen and oxygen atoms in total. The number of ether oxygens (including phenoxy) is 1. The van der Waals surface area contributed by atoms with Gasteiger partial charge in [0.15, 0.2) is 0 Å². The van der Waals surface area contributed by atoms with Crippen LogP contribution in [0.4, 0.5) is 16.2 Å². The summed E-state index contributed by atoms with van der Waals surface area (Å²) < 4.78 is 6.98. The standard InChI is InChI=1S/C27H32N6O6/c1-17-7-5-6-8-21(17)30-27(38)31-22-10-9-19(11-24(22)39-4)12-25(35)32(3)13-20-14-33(16-28-20)15-23(26(36)37)29-18(2)34/h5-11,14,16,23H,12-13,15H2,1-4H3,(H,29,34)(H,36,37)(H2,30,31,38). The first-order valence-electron chi connectivity index (χ1n) is 12.1. The number of methoxy groups -OCH3 is 1. The summed E-state index contributed by atoms with van der Waals surface area (Å²) in [5, 5.41) is 17.2. The molecular weight excluding hydrogens is 504 g/mol. The third kappa shape index (κ3) is 8.32. The number of imidazole rings is 1. The maximum absolute atomic E-state index is 12.9. The van der Waals surface area contributed by atoms with Crippen LogP contribution in [0, 0.1) is 6.92 Å².